The lowest BCUT2D eigenvalue weighted by Crippen LogP contribution is -2.31. The Balaban J connectivity index is 1.79. The summed E-state index contributed by atoms with van der Waals surface area (Å²) in [6, 6.07) is 13.4. The van der Waals surface area contributed by atoms with Crippen molar-refractivity contribution in [1.82, 2.24) is 0 Å². The molecule has 25 heavy (non-hydrogen) atoms. The van der Waals surface area contributed by atoms with E-state index >= 15 is 0 Å². The minimum absolute atomic E-state index is 0.00448. The molecule has 0 saturated carbocycles. The Hall–Kier alpha value is -2.50. The lowest BCUT2D eigenvalue weighted by molar-refractivity contribution is -0.112. The van der Waals surface area contributed by atoms with E-state index in [1.165, 1.54) is 0 Å². The van der Waals surface area contributed by atoms with Crippen LogP contribution in [0.15, 0.2) is 64.9 Å². The van der Waals surface area contributed by atoms with Crippen LogP contribution in [0.2, 0.25) is 10.0 Å². The van der Waals surface area contributed by atoms with Crippen molar-refractivity contribution in [2.45, 2.75) is 12.5 Å². The molecule has 1 amide bonds. The van der Waals surface area contributed by atoms with Crippen LogP contribution >= 0.6 is 23.2 Å². The number of carbonyl (C=O) groups is 1. The van der Waals surface area contributed by atoms with Crippen LogP contribution in [0.4, 0.5) is 5.69 Å². The standard InChI is InChI=1S/C18H15Cl2N3O2/c19-11-3-1-10(2-4-11)14-9-15(24)16(17(21)23-14)18(25)22-13-7-5-12(20)6-8-13/h1-8,14,24H,9H2,(H2,21,23)(H,22,25). The predicted molar refractivity (Wildman–Crippen MR) is 100 cm³/mol. The van der Waals surface area contributed by atoms with Gasteiger partial charge >= 0.3 is 0 Å². The summed E-state index contributed by atoms with van der Waals surface area (Å²) in [7, 11) is 0. The van der Waals surface area contributed by atoms with Crippen molar-refractivity contribution < 1.29 is 9.90 Å². The number of hydrogen-bond donors (Lipinski definition) is 3. The van der Waals surface area contributed by atoms with E-state index in [0.717, 1.165) is 5.56 Å². The minimum Gasteiger partial charge on any atom is -0.511 e. The van der Waals surface area contributed by atoms with Crippen molar-refractivity contribution in [3.8, 4) is 0 Å². The molecule has 1 aliphatic heterocycles. The molecule has 0 aromatic heterocycles. The molecule has 4 N–H and O–H groups in total. The van der Waals surface area contributed by atoms with Gasteiger partial charge in [0.2, 0.25) is 0 Å². The van der Waals surface area contributed by atoms with Gasteiger partial charge in [-0.2, -0.15) is 0 Å². The maximum atomic E-state index is 12.4. The molecular formula is C18H15Cl2N3O2. The van der Waals surface area contributed by atoms with E-state index < -0.39 is 5.91 Å². The highest BCUT2D eigenvalue weighted by atomic mass is 35.5. The molecule has 1 atom stereocenters. The Bertz CT molecular complexity index is 859. The summed E-state index contributed by atoms with van der Waals surface area (Å²) in [5.41, 5.74) is 7.32. The van der Waals surface area contributed by atoms with Crippen molar-refractivity contribution in [2.75, 3.05) is 5.32 Å². The fraction of sp³-hybridized carbons (Fsp3) is 0.111. The van der Waals surface area contributed by atoms with Crippen LogP contribution in [0.5, 0.6) is 0 Å². The van der Waals surface area contributed by atoms with Gasteiger partial charge in [-0.3, -0.25) is 9.79 Å². The fourth-order valence-electron chi connectivity index (χ4n) is 2.56. The first-order chi connectivity index (χ1) is 11.9. The smallest absolute Gasteiger partial charge is 0.262 e. The number of anilines is 1. The van der Waals surface area contributed by atoms with Gasteiger partial charge in [-0.25, -0.2) is 0 Å². The fourth-order valence-corrected chi connectivity index (χ4v) is 2.81. The minimum atomic E-state index is -0.518. The highest BCUT2D eigenvalue weighted by Gasteiger charge is 2.27. The molecule has 1 unspecified atom stereocenters. The van der Waals surface area contributed by atoms with Crippen LogP contribution in [-0.2, 0) is 4.79 Å². The van der Waals surface area contributed by atoms with Crippen LogP contribution in [-0.4, -0.2) is 16.8 Å². The van der Waals surface area contributed by atoms with E-state index in [0.29, 0.717) is 15.7 Å². The Labute approximate surface area is 154 Å². The molecule has 1 aliphatic rings. The molecular weight excluding hydrogens is 361 g/mol. The molecule has 128 valence electrons. The van der Waals surface area contributed by atoms with Gasteiger partial charge in [0, 0.05) is 22.2 Å². The van der Waals surface area contributed by atoms with E-state index in [2.05, 4.69) is 10.3 Å². The van der Waals surface area contributed by atoms with Crippen molar-refractivity contribution in [2.24, 2.45) is 10.7 Å². The quantitative estimate of drug-likeness (QED) is 0.749. The summed E-state index contributed by atoms with van der Waals surface area (Å²) < 4.78 is 0. The average Bonchev–Trinajstić information content (AvgIpc) is 2.57. The van der Waals surface area contributed by atoms with Gasteiger partial charge in [-0.15, -0.1) is 0 Å². The molecule has 0 spiro atoms. The molecule has 1 heterocycles. The first-order valence-electron chi connectivity index (χ1n) is 7.52. The van der Waals surface area contributed by atoms with Gasteiger partial charge in [-0.1, -0.05) is 35.3 Å². The van der Waals surface area contributed by atoms with E-state index in [-0.39, 0.29) is 29.6 Å². The summed E-state index contributed by atoms with van der Waals surface area (Å²) in [5, 5.41) is 14.2. The number of halogens is 2. The molecule has 3 rings (SSSR count). The first-order valence-corrected chi connectivity index (χ1v) is 8.28. The van der Waals surface area contributed by atoms with E-state index in [1.807, 2.05) is 12.1 Å². The summed E-state index contributed by atoms with van der Waals surface area (Å²) in [6.45, 7) is 0. The number of hydrogen-bond acceptors (Lipinski definition) is 4. The van der Waals surface area contributed by atoms with Gasteiger partial charge in [0.1, 0.15) is 17.2 Å². The lowest BCUT2D eigenvalue weighted by Gasteiger charge is -2.21. The second kappa shape index (κ2) is 7.17. The zero-order valence-corrected chi connectivity index (χ0v) is 14.6. The topological polar surface area (TPSA) is 87.7 Å². The number of aliphatic hydroxyl groups is 1. The number of nitrogens with zero attached hydrogens (tertiary/aromatic N) is 1. The van der Waals surface area contributed by atoms with E-state index in [9.17, 15) is 9.90 Å². The van der Waals surface area contributed by atoms with Gasteiger partial charge in [-0.05, 0) is 42.0 Å². The van der Waals surface area contributed by atoms with Gasteiger partial charge in [0.25, 0.3) is 5.91 Å². The van der Waals surface area contributed by atoms with E-state index in [4.69, 9.17) is 28.9 Å². The Morgan fingerprint density at radius 2 is 1.64 bits per heavy atom. The number of benzene rings is 2. The Kier molecular flexibility index (Phi) is 4.97. The molecule has 0 aliphatic carbocycles. The molecule has 0 radical (unpaired) electrons. The SMILES string of the molecule is NC1=NC(c2ccc(Cl)cc2)CC(O)=C1C(=O)Nc1ccc(Cl)cc1. The lowest BCUT2D eigenvalue weighted by atomic mass is 9.97. The maximum absolute atomic E-state index is 12.4. The van der Waals surface area contributed by atoms with Crippen LogP contribution < -0.4 is 11.1 Å². The number of amidine groups is 1. The third-order valence-corrected chi connectivity index (χ3v) is 4.31. The van der Waals surface area contributed by atoms with Gasteiger partial charge in [0.05, 0.1) is 6.04 Å². The number of aliphatic imine (C=N–C) groups is 1. The third-order valence-electron chi connectivity index (χ3n) is 3.81. The molecule has 2 aromatic carbocycles. The second-order valence-corrected chi connectivity index (χ2v) is 6.44. The molecule has 0 bridgehead atoms. The molecule has 0 saturated heterocycles. The second-order valence-electron chi connectivity index (χ2n) is 5.57. The largest absolute Gasteiger partial charge is 0.511 e. The van der Waals surface area contributed by atoms with Crippen LogP contribution in [0.3, 0.4) is 0 Å². The summed E-state index contributed by atoms with van der Waals surface area (Å²) in [4.78, 5) is 16.8. The van der Waals surface area contributed by atoms with Gasteiger partial charge < -0.3 is 16.2 Å². The number of carbonyl (C=O) groups excluding carboxylic acids is 1. The number of dihydropyridines is 1. The monoisotopic (exact) mass is 375 g/mol. The predicted octanol–water partition coefficient (Wildman–Crippen LogP) is 4.25. The molecule has 7 heteroatoms. The number of rotatable bonds is 3. The molecule has 0 fully saturated rings. The first kappa shape index (κ1) is 17.3. The summed E-state index contributed by atoms with van der Waals surface area (Å²) in [6.07, 6.45) is 0.186. The van der Waals surface area contributed by atoms with E-state index in [1.54, 1.807) is 36.4 Å². The zero-order chi connectivity index (χ0) is 18.0. The van der Waals surface area contributed by atoms with Crippen molar-refractivity contribution in [3.05, 3.63) is 75.5 Å². The zero-order valence-electron chi connectivity index (χ0n) is 13.0. The normalized spacial score (nSPS) is 17.2. The van der Waals surface area contributed by atoms with Crippen molar-refractivity contribution >= 4 is 40.6 Å². The number of amides is 1. The number of aliphatic hydroxyl groups excluding tert-OH is 1. The van der Waals surface area contributed by atoms with Crippen LogP contribution in [0, 0.1) is 0 Å². The summed E-state index contributed by atoms with van der Waals surface area (Å²) >= 11 is 11.7. The summed E-state index contributed by atoms with van der Waals surface area (Å²) in [5.74, 6) is -0.621. The number of nitrogens with two attached hydrogens (primary N) is 1. The van der Waals surface area contributed by atoms with Crippen LogP contribution in [0.25, 0.3) is 0 Å². The molecule has 2 aromatic rings. The third kappa shape index (κ3) is 3.95. The van der Waals surface area contributed by atoms with Gasteiger partial charge in [0.15, 0.2) is 0 Å². The highest BCUT2D eigenvalue weighted by Crippen LogP contribution is 2.31. The van der Waals surface area contributed by atoms with Crippen molar-refractivity contribution in [3.63, 3.8) is 0 Å². The highest BCUT2D eigenvalue weighted by molar-refractivity contribution is 6.31. The van der Waals surface area contributed by atoms with Crippen LogP contribution in [0.1, 0.15) is 18.0 Å². The number of nitrogens with one attached hydrogen (secondary N) is 1. The molecule has 5 nitrogen and oxygen atoms in total. The Morgan fingerprint density at radius 3 is 2.20 bits per heavy atom. The van der Waals surface area contributed by atoms with Crippen molar-refractivity contribution in [1.29, 1.82) is 0 Å². The average molecular weight is 376 g/mol. The Morgan fingerprint density at radius 1 is 1.08 bits per heavy atom. The maximum Gasteiger partial charge on any atom is 0.262 e.